The molecule has 2 aromatic rings. The first-order valence-electron chi connectivity index (χ1n) is 8.59. The lowest BCUT2D eigenvalue weighted by atomic mass is 10.0. The lowest BCUT2D eigenvalue weighted by Gasteiger charge is -2.33. The first-order valence-corrected chi connectivity index (χ1v) is 9.42. The Hall–Kier alpha value is -1.37. The van der Waals surface area contributed by atoms with Crippen molar-refractivity contribution >= 4 is 22.9 Å². The number of piperidine rings is 1. The molecule has 1 saturated heterocycles. The van der Waals surface area contributed by atoms with Crippen LogP contribution in [0.4, 0.5) is 4.39 Å². The molecule has 130 valence electrons. The lowest BCUT2D eigenvalue weighted by molar-refractivity contribution is 0.175. The number of hydrogen-bond donors (Lipinski definition) is 0. The number of nitrogens with zero attached hydrogens (tertiary/aromatic N) is 4. The number of likely N-dealkylation sites (tertiary alicyclic amines) is 1. The maximum atomic E-state index is 13.3. The minimum atomic E-state index is -0.199. The van der Waals surface area contributed by atoms with E-state index in [1.54, 1.807) is 24.2 Å². The van der Waals surface area contributed by atoms with Gasteiger partial charge in [-0.15, -0.1) is 0 Å². The standard InChI is InChI=1S/C18H25FN4S/c1-3-22(24-4-2)12-11-21-9-7-17(8-10-21)23-18-6-5-16(19)13-15(18)14-20-23/h4-6,13-14,17H,2-3,7-12H2,1H3. The van der Waals surface area contributed by atoms with Gasteiger partial charge in [-0.3, -0.25) is 4.68 Å². The summed E-state index contributed by atoms with van der Waals surface area (Å²) in [6.45, 7) is 11.3. The Balaban J connectivity index is 1.55. The van der Waals surface area contributed by atoms with Crippen LogP contribution in [0.5, 0.6) is 0 Å². The van der Waals surface area contributed by atoms with Crippen molar-refractivity contribution in [2.75, 3.05) is 32.7 Å². The van der Waals surface area contributed by atoms with Gasteiger partial charge in [-0.2, -0.15) is 5.10 Å². The molecular formula is C18H25FN4S. The molecule has 0 aliphatic carbocycles. The van der Waals surface area contributed by atoms with Crippen LogP contribution in [0.3, 0.4) is 0 Å². The van der Waals surface area contributed by atoms with E-state index >= 15 is 0 Å². The summed E-state index contributed by atoms with van der Waals surface area (Å²) in [5.74, 6) is -0.199. The van der Waals surface area contributed by atoms with Crippen LogP contribution < -0.4 is 0 Å². The van der Waals surface area contributed by atoms with Crippen LogP contribution in [0.25, 0.3) is 10.9 Å². The van der Waals surface area contributed by atoms with Gasteiger partial charge in [0.2, 0.25) is 0 Å². The van der Waals surface area contributed by atoms with Gasteiger partial charge in [-0.05, 0) is 36.4 Å². The van der Waals surface area contributed by atoms with Gasteiger partial charge >= 0.3 is 0 Å². The fourth-order valence-electron chi connectivity index (χ4n) is 3.35. The fraction of sp³-hybridized carbons (Fsp3) is 0.500. The van der Waals surface area contributed by atoms with E-state index in [1.807, 2.05) is 11.5 Å². The normalized spacial score (nSPS) is 17.0. The molecule has 0 amide bonds. The summed E-state index contributed by atoms with van der Waals surface area (Å²) in [6, 6.07) is 5.33. The lowest BCUT2D eigenvalue weighted by Crippen LogP contribution is -2.38. The van der Waals surface area contributed by atoms with E-state index < -0.39 is 0 Å². The average Bonchev–Trinajstić information content (AvgIpc) is 3.02. The molecule has 1 aliphatic heterocycles. The van der Waals surface area contributed by atoms with Crippen molar-refractivity contribution in [3.63, 3.8) is 0 Å². The average molecular weight is 348 g/mol. The Morgan fingerprint density at radius 1 is 1.42 bits per heavy atom. The SMILES string of the molecule is C=CSN(CC)CCN1CCC(n2ncc3cc(F)ccc32)CC1. The van der Waals surface area contributed by atoms with Crippen LogP contribution >= 0.6 is 11.9 Å². The van der Waals surface area contributed by atoms with Gasteiger partial charge in [-0.25, -0.2) is 8.70 Å². The second-order valence-electron chi connectivity index (χ2n) is 6.16. The van der Waals surface area contributed by atoms with Crippen LogP contribution in [-0.4, -0.2) is 51.7 Å². The number of hydrogen-bond acceptors (Lipinski definition) is 4. The number of halogens is 1. The van der Waals surface area contributed by atoms with Gasteiger partial charge < -0.3 is 4.90 Å². The minimum absolute atomic E-state index is 0.199. The van der Waals surface area contributed by atoms with Crippen molar-refractivity contribution in [2.24, 2.45) is 0 Å². The number of likely N-dealkylation sites (N-methyl/N-ethyl adjacent to an activating group) is 1. The molecule has 2 heterocycles. The van der Waals surface area contributed by atoms with Gasteiger partial charge in [0.15, 0.2) is 0 Å². The number of fused-ring (bicyclic) bond motifs is 1. The Morgan fingerprint density at radius 3 is 2.92 bits per heavy atom. The Kier molecular flexibility index (Phi) is 5.92. The molecule has 0 radical (unpaired) electrons. The van der Waals surface area contributed by atoms with Crippen LogP contribution in [0.1, 0.15) is 25.8 Å². The zero-order valence-electron chi connectivity index (χ0n) is 14.2. The molecule has 0 saturated carbocycles. The highest BCUT2D eigenvalue weighted by Crippen LogP contribution is 2.26. The van der Waals surface area contributed by atoms with Crippen molar-refractivity contribution in [3.8, 4) is 0 Å². The van der Waals surface area contributed by atoms with Gasteiger partial charge in [0, 0.05) is 38.1 Å². The summed E-state index contributed by atoms with van der Waals surface area (Å²) in [4.78, 5) is 2.52. The third kappa shape index (κ3) is 3.99. The second-order valence-corrected chi connectivity index (χ2v) is 7.22. The van der Waals surface area contributed by atoms with Gasteiger partial charge in [-0.1, -0.05) is 25.5 Å². The van der Waals surface area contributed by atoms with Crippen LogP contribution in [-0.2, 0) is 0 Å². The molecule has 24 heavy (non-hydrogen) atoms. The first kappa shape index (κ1) is 17.5. The molecule has 3 rings (SSSR count). The second kappa shape index (κ2) is 8.14. The molecule has 6 heteroatoms. The third-order valence-electron chi connectivity index (χ3n) is 4.70. The highest BCUT2D eigenvalue weighted by molar-refractivity contribution is 7.99. The van der Waals surface area contributed by atoms with E-state index in [-0.39, 0.29) is 5.82 Å². The summed E-state index contributed by atoms with van der Waals surface area (Å²) in [5.41, 5.74) is 1.04. The van der Waals surface area contributed by atoms with E-state index in [0.717, 1.165) is 56.5 Å². The molecule has 0 spiro atoms. The molecule has 0 atom stereocenters. The summed E-state index contributed by atoms with van der Waals surface area (Å²) < 4.78 is 17.7. The van der Waals surface area contributed by atoms with Crippen molar-refractivity contribution in [1.82, 2.24) is 19.0 Å². The monoisotopic (exact) mass is 348 g/mol. The molecule has 1 aromatic heterocycles. The van der Waals surface area contributed by atoms with Crippen molar-refractivity contribution in [2.45, 2.75) is 25.8 Å². The van der Waals surface area contributed by atoms with Crippen LogP contribution in [0.15, 0.2) is 36.4 Å². The highest BCUT2D eigenvalue weighted by atomic mass is 32.2. The largest absolute Gasteiger partial charge is 0.302 e. The Bertz CT molecular complexity index is 679. The Morgan fingerprint density at radius 2 is 2.21 bits per heavy atom. The highest BCUT2D eigenvalue weighted by Gasteiger charge is 2.22. The maximum absolute atomic E-state index is 13.3. The summed E-state index contributed by atoms with van der Waals surface area (Å²) in [7, 11) is 0. The predicted octanol–water partition coefficient (Wildman–Crippen LogP) is 3.93. The maximum Gasteiger partial charge on any atom is 0.124 e. The van der Waals surface area contributed by atoms with Crippen molar-refractivity contribution in [1.29, 1.82) is 0 Å². The zero-order chi connectivity index (χ0) is 16.9. The van der Waals surface area contributed by atoms with E-state index in [4.69, 9.17) is 0 Å². The van der Waals surface area contributed by atoms with Crippen molar-refractivity contribution in [3.05, 3.63) is 42.2 Å². The predicted molar refractivity (Wildman–Crippen MR) is 99.4 cm³/mol. The van der Waals surface area contributed by atoms with E-state index in [1.165, 1.54) is 6.07 Å². The fourth-order valence-corrected chi connectivity index (χ4v) is 3.89. The molecule has 0 unspecified atom stereocenters. The van der Waals surface area contributed by atoms with Crippen LogP contribution in [0.2, 0.25) is 0 Å². The Labute approximate surface area is 147 Å². The molecular weight excluding hydrogens is 323 g/mol. The summed E-state index contributed by atoms with van der Waals surface area (Å²) >= 11 is 1.69. The van der Waals surface area contributed by atoms with Crippen molar-refractivity contribution < 1.29 is 4.39 Å². The zero-order valence-corrected chi connectivity index (χ0v) is 15.0. The summed E-state index contributed by atoms with van der Waals surface area (Å²) in [5, 5.41) is 7.28. The van der Waals surface area contributed by atoms with Crippen LogP contribution in [0, 0.1) is 5.82 Å². The van der Waals surface area contributed by atoms with E-state index in [0.29, 0.717) is 6.04 Å². The van der Waals surface area contributed by atoms with Gasteiger partial charge in [0.1, 0.15) is 5.82 Å². The summed E-state index contributed by atoms with van der Waals surface area (Å²) in [6.07, 6.45) is 3.96. The first-order chi connectivity index (χ1) is 11.7. The number of aromatic nitrogens is 2. The number of benzene rings is 1. The molecule has 1 aromatic carbocycles. The number of rotatable bonds is 7. The molecule has 1 aliphatic rings. The quantitative estimate of drug-likeness (QED) is 0.708. The van der Waals surface area contributed by atoms with E-state index in [2.05, 4.69) is 32.5 Å². The minimum Gasteiger partial charge on any atom is -0.302 e. The molecule has 4 nitrogen and oxygen atoms in total. The smallest absolute Gasteiger partial charge is 0.124 e. The topological polar surface area (TPSA) is 24.3 Å². The van der Waals surface area contributed by atoms with E-state index in [9.17, 15) is 4.39 Å². The molecule has 1 fully saturated rings. The molecule has 0 bridgehead atoms. The molecule has 0 N–H and O–H groups in total. The van der Waals surface area contributed by atoms with Gasteiger partial charge in [0.25, 0.3) is 0 Å². The van der Waals surface area contributed by atoms with Gasteiger partial charge in [0.05, 0.1) is 17.8 Å². The third-order valence-corrected chi connectivity index (χ3v) is 5.59.